The van der Waals surface area contributed by atoms with Gasteiger partial charge in [0.2, 0.25) is 0 Å². The van der Waals surface area contributed by atoms with E-state index in [0.717, 1.165) is 5.56 Å². The zero-order valence-electron chi connectivity index (χ0n) is 17.2. The van der Waals surface area contributed by atoms with Crippen LogP contribution in [0.4, 0.5) is 0 Å². The Bertz CT molecular complexity index is 882. The number of carbonyl (C=O) groups excluding carboxylic acids is 1. The van der Waals surface area contributed by atoms with Gasteiger partial charge >= 0.3 is 5.97 Å². The molecule has 2 aromatic carbocycles. The maximum atomic E-state index is 12.3. The lowest BCUT2D eigenvalue weighted by Gasteiger charge is -2.39. The number of benzene rings is 2. The highest BCUT2D eigenvalue weighted by Crippen LogP contribution is 2.22. The summed E-state index contributed by atoms with van der Waals surface area (Å²) in [7, 11) is 0. The van der Waals surface area contributed by atoms with E-state index in [2.05, 4.69) is 6.58 Å². The predicted octanol–water partition coefficient (Wildman–Crippen LogP) is 0.753. The topological polar surface area (TPSA) is 135 Å². The number of aliphatic hydroxyl groups is 4. The molecule has 9 heteroatoms. The van der Waals surface area contributed by atoms with Crippen LogP contribution < -0.4 is 4.74 Å². The van der Waals surface area contributed by atoms with Gasteiger partial charge in [-0.1, -0.05) is 36.9 Å². The van der Waals surface area contributed by atoms with Gasteiger partial charge < -0.3 is 39.4 Å². The van der Waals surface area contributed by atoms with Crippen LogP contribution in [0.15, 0.2) is 66.9 Å². The van der Waals surface area contributed by atoms with E-state index in [9.17, 15) is 25.2 Å². The second-order valence-corrected chi connectivity index (χ2v) is 7.24. The van der Waals surface area contributed by atoms with E-state index in [4.69, 9.17) is 18.9 Å². The third-order valence-electron chi connectivity index (χ3n) is 4.83. The molecule has 2 aromatic rings. The Morgan fingerprint density at radius 3 is 2.31 bits per heavy atom. The second-order valence-electron chi connectivity index (χ2n) is 7.24. The molecule has 0 aromatic heterocycles. The molecule has 0 radical (unpaired) electrons. The molecule has 32 heavy (non-hydrogen) atoms. The van der Waals surface area contributed by atoms with Crippen molar-refractivity contribution >= 4 is 5.97 Å². The van der Waals surface area contributed by atoms with Crippen LogP contribution in [0.3, 0.4) is 0 Å². The van der Waals surface area contributed by atoms with Gasteiger partial charge in [0.05, 0.1) is 12.2 Å². The van der Waals surface area contributed by atoms with E-state index in [-0.39, 0.29) is 17.9 Å². The van der Waals surface area contributed by atoms with E-state index in [1.807, 2.05) is 30.3 Å². The molecule has 172 valence electrons. The number of carbonyl (C=O) groups is 1. The summed E-state index contributed by atoms with van der Waals surface area (Å²) in [5.74, 6) is -0.131. The molecule has 0 aliphatic carbocycles. The smallest absolute Gasteiger partial charge is 0.343 e. The fourth-order valence-electron chi connectivity index (χ4n) is 3.03. The van der Waals surface area contributed by atoms with Crippen molar-refractivity contribution in [2.75, 3.05) is 13.2 Å². The summed E-state index contributed by atoms with van der Waals surface area (Å²) in [4.78, 5) is 12.3. The van der Waals surface area contributed by atoms with Gasteiger partial charge in [-0.25, -0.2) is 4.79 Å². The Hall–Kier alpha value is -2.79. The lowest BCUT2D eigenvalue weighted by atomic mass is 9.99. The molecular formula is C23H26O9. The first-order valence-electron chi connectivity index (χ1n) is 9.98. The minimum atomic E-state index is -1.57. The highest BCUT2D eigenvalue weighted by atomic mass is 16.7. The third kappa shape index (κ3) is 6.13. The second kappa shape index (κ2) is 11.2. The molecule has 0 bridgehead atoms. The van der Waals surface area contributed by atoms with Gasteiger partial charge in [0.1, 0.15) is 49.1 Å². The first-order chi connectivity index (χ1) is 15.4. The summed E-state index contributed by atoms with van der Waals surface area (Å²) in [5, 5.41) is 38.7. The highest BCUT2D eigenvalue weighted by molar-refractivity contribution is 5.90. The summed E-state index contributed by atoms with van der Waals surface area (Å²) >= 11 is 0. The van der Waals surface area contributed by atoms with Crippen LogP contribution >= 0.6 is 0 Å². The van der Waals surface area contributed by atoms with Crippen molar-refractivity contribution in [1.82, 2.24) is 0 Å². The third-order valence-corrected chi connectivity index (χ3v) is 4.83. The van der Waals surface area contributed by atoms with Crippen LogP contribution in [0, 0.1) is 0 Å². The molecule has 0 spiro atoms. The van der Waals surface area contributed by atoms with E-state index >= 15 is 0 Å². The number of ether oxygens (including phenoxy) is 4. The Labute approximate surface area is 185 Å². The molecule has 1 aliphatic rings. The van der Waals surface area contributed by atoms with Gasteiger partial charge in [0, 0.05) is 0 Å². The molecule has 1 fully saturated rings. The monoisotopic (exact) mass is 446 g/mol. The van der Waals surface area contributed by atoms with Crippen molar-refractivity contribution in [3.63, 3.8) is 0 Å². The van der Waals surface area contributed by atoms with Crippen molar-refractivity contribution in [3.8, 4) is 5.75 Å². The summed E-state index contributed by atoms with van der Waals surface area (Å²) in [6, 6.07) is 16.1. The quantitative estimate of drug-likeness (QED) is 0.325. The van der Waals surface area contributed by atoms with E-state index in [0.29, 0.717) is 12.4 Å². The van der Waals surface area contributed by atoms with E-state index < -0.39 is 43.3 Å². The Morgan fingerprint density at radius 1 is 0.969 bits per heavy atom. The van der Waals surface area contributed by atoms with Crippen LogP contribution in [0.2, 0.25) is 0 Å². The predicted molar refractivity (Wildman–Crippen MR) is 111 cm³/mol. The van der Waals surface area contributed by atoms with Gasteiger partial charge in [0.25, 0.3) is 0 Å². The van der Waals surface area contributed by atoms with Gasteiger partial charge in [-0.2, -0.15) is 0 Å². The number of hydrogen-bond acceptors (Lipinski definition) is 9. The first kappa shape index (κ1) is 23.9. The van der Waals surface area contributed by atoms with Crippen LogP contribution in [-0.2, 0) is 20.8 Å². The molecule has 1 aliphatic heterocycles. The minimum absolute atomic E-state index is 0.0589. The normalized spacial score (nSPS) is 25.2. The lowest BCUT2D eigenvalue weighted by Crippen LogP contribution is -2.59. The molecule has 3 rings (SSSR count). The Kier molecular flexibility index (Phi) is 8.34. The molecule has 1 saturated heterocycles. The van der Waals surface area contributed by atoms with Crippen molar-refractivity contribution < 1.29 is 44.2 Å². The largest absolute Gasteiger partial charge is 0.489 e. The zero-order valence-corrected chi connectivity index (χ0v) is 17.2. The Morgan fingerprint density at radius 2 is 1.66 bits per heavy atom. The highest BCUT2D eigenvalue weighted by Gasteiger charge is 2.44. The Balaban J connectivity index is 1.46. The van der Waals surface area contributed by atoms with Crippen LogP contribution in [0.5, 0.6) is 5.75 Å². The van der Waals surface area contributed by atoms with Crippen LogP contribution in [0.25, 0.3) is 0 Å². The first-order valence-corrected chi connectivity index (χ1v) is 9.98. The van der Waals surface area contributed by atoms with Gasteiger partial charge in [0.15, 0.2) is 6.29 Å². The molecule has 1 heterocycles. The van der Waals surface area contributed by atoms with Crippen LogP contribution in [-0.4, -0.2) is 70.3 Å². The fourth-order valence-corrected chi connectivity index (χ4v) is 3.03. The fraction of sp³-hybridized carbons (Fsp3) is 0.348. The summed E-state index contributed by atoms with van der Waals surface area (Å²) in [6.45, 7) is 3.09. The minimum Gasteiger partial charge on any atom is -0.489 e. The number of esters is 1. The van der Waals surface area contributed by atoms with Gasteiger partial charge in [-0.05, 0) is 29.8 Å². The standard InChI is InChI=1S/C23H26O9/c1-14(12-30-23-21(27)20(26)19(25)18(11-24)32-23)31-22(28)16-7-9-17(10-8-16)29-13-15-5-3-2-4-6-15/h2-10,18-21,23-27H,1,11-13H2/t18-,19-,20+,21-,23-/m1/s1. The lowest BCUT2D eigenvalue weighted by molar-refractivity contribution is -0.300. The summed E-state index contributed by atoms with van der Waals surface area (Å²) in [5.41, 5.74) is 1.29. The molecule has 0 unspecified atom stereocenters. The maximum Gasteiger partial charge on any atom is 0.343 e. The number of hydrogen-bond donors (Lipinski definition) is 4. The number of aliphatic hydroxyl groups excluding tert-OH is 4. The average Bonchev–Trinajstić information content (AvgIpc) is 2.82. The molecule has 0 amide bonds. The van der Waals surface area contributed by atoms with Crippen LogP contribution in [0.1, 0.15) is 15.9 Å². The molecular weight excluding hydrogens is 420 g/mol. The van der Waals surface area contributed by atoms with Gasteiger partial charge in [-0.15, -0.1) is 0 Å². The number of rotatable bonds is 9. The zero-order chi connectivity index (χ0) is 23.1. The molecule has 0 saturated carbocycles. The molecule has 5 atom stereocenters. The van der Waals surface area contributed by atoms with Crippen molar-refractivity contribution in [2.45, 2.75) is 37.3 Å². The molecule has 9 nitrogen and oxygen atoms in total. The van der Waals surface area contributed by atoms with Gasteiger partial charge in [-0.3, -0.25) is 0 Å². The maximum absolute atomic E-state index is 12.3. The van der Waals surface area contributed by atoms with Crippen molar-refractivity contribution in [3.05, 3.63) is 78.1 Å². The van der Waals surface area contributed by atoms with Crippen molar-refractivity contribution in [2.24, 2.45) is 0 Å². The van der Waals surface area contributed by atoms with E-state index in [1.54, 1.807) is 24.3 Å². The van der Waals surface area contributed by atoms with Crippen molar-refractivity contribution in [1.29, 1.82) is 0 Å². The van der Waals surface area contributed by atoms with E-state index in [1.165, 1.54) is 0 Å². The average molecular weight is 446 g/mol. The SMILES string of the molecule is C=C(CO[C@@H]1O[C@H](CO)[C@@H](O)[C@H](O)[C@H]1O)OC(=O)c1ccc(OCc2ccccc2)cc1. The summed E-state index contributed by atoms with van der Waals surface area (Å²) < 4.78 is 21.3. The summed E-state index contributed by atoms with van der Waals surface area (Å²) in [6.07, 6.45) is -7.06. The molecule has 4 N–H and O–H groups in total.